The fourth-order valence-electron chi connectivity index (χ4n) is 1.29. The van der Waals surface area contributed by atoms with Crippen LogP contribution in [0.3, 0.4) is 0 Å². The molecule has 0 aliphatic heterocycles. The van der Waals surface area contributed by atoms with Gasteiger partial charge < -0.3 is 20.8 Å². The number of rotatable bonds is 6. The topological polar surface area (TPSA) is 116 Å². The molecule has 7 heteroatoms. The van der Waals surface area contributed by atoms with Crippen LogP contribution >= 0.6 is 0 Å². The van der Waals surface area contributed by atoms with E-state index < -0.39 is 17.8 Å². The summed E-state index contributed by atoms with van der Waals surface area (Å²) in [7, 11) is 0. The average molecular weight is 266 g/mol. The van der Waals surface area contributed by atoms with Crippen molar-refractivity contribution in [1.29, 1.82) is 0 Å². The quantitative estimate of drug-likeness (QED) is 0.565. The van der Waals surface area contributed by atoms with Gasteiger partial charge in [-0.15, -0.1) is 0 Å². The van der Waals surface area contributed by atoms with Gasteiger partial charge in [0.15, 0.2) is 0 Å². The third kappa shape index (κ3) is 5.07. The van der Waals surface area contributed by atoms with Crippen LogP contribution in [-0.4, -0.2) is 41.1 Å². The van der Waals surface area contributed by atoms with Gasteiger partial charge >= 0.3 is 5.97 Å². The fraction of sp³-hybridized carbons (Fsp3) is 0.250. The molecule has 0 atom stereocenters. The van der Waals surface area contributed by atoms with Gasteiger partial charge in [0.1, 0.15) is 5.75 Å². The van der Waals surface area contributed by atoms with Gasteiger partial charge in [0.25, 0.3) is 5.91 Å². The normalized spacial score (nSPS) is 9.68. The monoisotopic (exact) mass is 266 g/mol. The first-order valence-corrected chi connectivity index (χ1v) is 5.55. The molecule has 19 heavy (non-hydrogen) atoms. The van der Waals surface area contributed by atoms with Crippen molar-refractivity contribution in [2.75, 3.05) is 13.1 Å². The molecule has 0 fully saturated rings. The van der Waals surface area contributed by atoms with Gasteiger partial charge in [0, 0.05) is 6.54 Å². The van der Waals surface area contributed by atoms with E-state index in [0.29, 0.717) is 0 Å². The number of hydrogen-bond acceptors (Lipinski definition) is 4. The molecule has 7 nitrogen and oxygen atoms in total. The molecule has 1 aromatic carbocycles. The van der Waals surface area contributed by atoms with Gasteiger partial charge in [-0.2, -0.15) is 0 Å². The molecule has 0 bridgehead atoms. The molecule has 2 amide bonds. The molecule has 1 rings (SSSR count). The third-order valence-electron chi connectivity index (χ3n) is 2.22. The second kappa shape index (κ2) is 7.00. The van der Waals surface area contributed by atoms with Crippen LogP contribution in [0.1, 0.15) is 16.8 Å². The number of aromatic hydroxyl groups is 1. The number of amides is 2. The smallest absolute Gasteiger partial charge is 0.305 e. The van der Waals surface area contributed by atoms with E-state index in [2.05, 4.69) is 10.6 Å². The third-order valence-corrected chi connectivity index (χ3v) is 2.22. The number of carboxylic acid groups (broad SMARTS) is 1. The minimum absolute atomic E-state index is 0.000619. The summed E-state index contributed by atoms with van der Waals surface area (Å²) in [5, 5.41) is 22.5. The minimum Gasteiger partial charge on any atom is -0.507 e. The van der Waals surface area contributed by atoms with Crippen LogP contribution in [0.25, 0.3) is 0 Å². The first-order chi connectivity index (χ1) is 9.00. The lowest BCUT2D eigenvalue weighted by atomic mass is 10.2. The molecule has 0 saturated heterocycles. The lowest BCUT2D eigenvalue weighted by molar-refractivity contribution is -0.136. The lowest BCUT2D eigenvalue weighted by Gasteiger charge is -2.07. The van der Waals surface area contributed by atoms with Crippen molar-refractivity contribution in [3.8, 4) is 5.75 Å². The highest BCUT2D eigenvalue weighted by atomic mass is 16.4. The summed E-state index contributed by atoms with van der Waals surface area (Å²) < 4.78 is 0. The summed E-state index contributed by atoms with van der Waals surface area (Å²) in [5.41, 5.74) is 0.0702. The number of carbonyl (C=O) groups excluding carboxylic acids is 2. The van der Waals surface area contributed by atoms with Gasteiger partial charge in [-0.05, 0) is 12.1 Å². The molecule has 0 unspecified atom stereocenters. The summed E-state index contributed by atoms with van der Waals surface area (Å²) in [6, 6.07) is 5.95. The Morgan fingerprint density at radius 1 is 1.11 bits per heavy atom. The standard InChI is InChI=1S/C12H14N2O5/c15-9-4-2-1-3-8(9)12(19)14-7-10(16)13-6-5-11(17)18/h1-4,15H,5-7H2,(H,13,16)(H,14,19)(H,17,18). The van der Waals surface area contributed by atoms with E-state index in [-0.39, 0.29) is 30.8 Å². The van der Waals surface area contributed by atoms with Gasteiger partial charge in [-0.1, -0.05) is 12.1 Å². The molecule has 0 aliphatic carbocycles. The lowest BCUT2D eigenvalue weighted by Crippen LogP contribution is -2.37. The summed E-state index contributed by atoms with van der Waals surface area (Å²) in [4.78, 5) is 33.1. The predicted octanol–water partition coefficient (Wildman–Crippen LogP) is -0.287. The van der Waals surface area contributed by atoms with Gasteiger partial charge in [0.05, 0.1) is 18.5 Å². The molecule has 1 aromatic rings. The van der Waals surface area contributed by atoms with Crippen LogP contribution in [0.5, 0.6) is 5.75 Å². The molecular formula is C12H14N2O5. The molecule has 0 saturated carbocycles. The van der Waals surface area contributed by atoms with E-state index in [9.17, 15) is 19.5 Å². The Morgan fingerprint density at radius 2 is 1.79 bits per heavy atom. The van der Waals surface area contributed by atoms with E-state index in [1.54, 1.807) is 12.1 Å². The minimum atomic E-state index is -1.02. The van der Waals surface area contributed by atoms with Crippen LogP contribution in [0.4, 0.5) is 0 Å². The number of para-hydroxylation sites is 1. The van der Waals surface area contributed by atoms with Gasteiger partial charge in [-0.25, -0.2) is 0 Å². The Labute approximate surface area is 109 Å². The van der Waals surface area contributed by atoms with Crippen LogP contribution in [0, 0.1) is 0 Å². The SMILES string of the molecule is O=C(O)CCNC(=O)CNC(=O)c1ccccc1O. The average Bonchev–Trinajstić information content (AvgIpc) is 2.36. The molecule has 0 heterocycles. The number of nitrogens with one attached hydrogen (secondary N) is 2. The zero-order valence-electron chi connectivity index (χ0n) is 10.0. The number of aliphatic carboxylic acids is 1. The van der Waals surface area contributed by atoms with Crippen LogP contribution < -0.4 is 10.6 Å². The number of phenolic OH excluding ortho intramolecular Hbond substituents is 1. The van der Waals surface area contributed by atoms with Crippen molar-refractivity contribution in [3.05, 3.63) is 29.8 Å². The van der Waals surface area contributed by atoms with Crippen molar-refractivity contribution in [3.63, 3.8) is 0 Å². The summed E-state index contributed by atoms with van der Waals surface area (Å²) in [5.74, 6) is -2.26. The Balaban J connectivity index is 2.36. The highest BCUT2D eigenvalue weighted by Gasteiger charge is 2.11. The molecule has 0 aromatic heterocycles. The molecule has 0 aliphatic rings. The number of benzene rings is 1. The van der Waals surface area contributed by atoms with Gasteiger partial charge in [0.2, 0.25) is 5.91 Å². The molecule has 0 spiro atoms. The van der Waals surface area contributed by atoms with E-state index in [4.69, 9.17) is 5.11 Å². The summed E-state index contributed by atoms with van der Waals surface area (Å²) >= 11 is 0. The van der Waals surface area contributed by atoms with E-state index >= 15 is 0 Å². The fourth-order valence-corrected chi connectivity index (χ4v) is 1.29. The van der Waals surface area contributed by atoms with E-state index in [1.165, 1.54) is 12.1 Å². The Morgan fingerprint density at radius 3 is 2.42 bits per heavy atom. The Bertz CT molecular complexity index is 487. The molecule has 102 valence electrons. The van der Waals surface area contributed by atoms with Gasteiger partial charge in [-0.3, -0.25) is 14.4 Å². The van der Waals surface area contributed by atoms with Crippen molar-refractivity contribution in [2.45, 2.75) is 6.42 Å². The molecule has 4 N–H and O–H groups in total. The highest BCUT2D eigenvalue weighted by molar-refractivity contribution is 5.98. The van der Waals surface area contributed by atoms with Crippen LogP contribution in [0.2, 0.25) is 0 Å². The molecule has 0 radical (unpaired) electrons. The predicted molar refractivity (Wildman–Crippen MR) is 65.7 cm³/mol. The summed E-state index contributed by atoms with van der Waals surface area (Å²) in [6.07, 6.45) is -0.181. The van der Waals surface area contributed by atoms with Crippen molar-refractivity contribution < 1.29 is 24.6 Å². The maximum atomic E-state index is 11.6. The van der Waals surface area contributed by atoms with Crippen LogP contribution in [0.15, 0.2) is 24.3 Å². The van der Waals surface area contributed by atoms with Crippen LogP contribution in [-0.2, 0) is 9.59 Å². The second-order valence-corrected chi connectivity index (χ2v) is 3.69. The Kier molecular flexibility index (Phi) is 5.34. The highest BCUT2D eigenvalue weighted by Crippen LogP contribution is 2.14. The zero-order valence-corrected chi connectivity index (χ0v) is 10.0. The zero-order chi connectivity index (χ0) is 14.3. The van der Waals surface area contributed by atoms with Crippen molar-refractivity contribution >= 4 is 17.8 Å². The largest absolute Gasteiger partial charge is 0.507 e. The number of phenols is 1. The first kappa shape index (κ1) is 14.5. The maximum absolute atomic E-state index is 11.6. The summed E-state index contributed by atoms with van der Waals surface area (Å²) in [6.45, 7) is -0.284. The van der Waals surface area contributed by atoms with Crippen molar-refractivity contribution in [2.24, 2.45) is 0 Å². The first-order valence-electron chi connectivity index (χ1n) is 5.55. The number of carboxylic acids is 1. The van der Waals surface area contributed by atoms with E-state index in [1.807, 2.05) is 0 Å². The Hall–Kier alpha value is -2.57. The number of hydrogen-bond donors (Lipinski definition) is 4. The van der Waals surface area contributed by atoms with E-state index in [0.717, 1.165) is 0 Å². The number of carbonyl (C=O) groups is 3. The second-order valence-electron chi connectivity index (χ2n) is 3.69. The maximum Gasteiger partial charge on any atom is 0.305 e. The molecular weight excluding hydrogens is 252 g/mol. The van der Waals surface area contributed by atoms with Crippen molar-refractivity contribution in [1.82, 2.24) is 10.6 Å².